The van der Waals surface area contributed by atoms with Crippen molar-refractivity contribution in [2.24, 2.45) is 0 Å². The molecule has 0 aromatic carbocycles. The van der Waals surface area contributed by atoms with Gasteiger partial charge in [-0.2, -0.15) is 0 Å². The summed E-state index contributed by atoms with van der Waals surface area (Å²) in [5, 5.41) is 0. The standard InChI is InChI=1S/C9H17N2O2P/c1-4-5-13-14(12,10-6-8(10)2)11-7-9(11)3/h4,8-9H,1,5-7H2,2-3H3/t8-,9+,10?,11?,14?. The minimum absolute atomic E-state index is 0.365. The molecule has 2 aliphatic rings. The van der Waals surface area contributed by atoms with Crippen LogP contribution in [0.1, 0.15) is 13.8 Å². The van der Waals surface area contributed by atoms with Gasteiger partial charge in [0.05, 0.1) is 6.61 Å². The summed E-state index contributed by atoms with van der Waals surface area (Å²) in [6.45, 7) is 9.85. The second-order valence-corrected chi connectivity index (χ2v) is 6.28. The fraction of sp³-hybridized carbons (Fsp3) is 0.778. The molecule has 0 spiro atoms. The summed E-state index contributed by atoms with van der Waals surface area (Å²) in [5.41, 5.74) is 0. The maximum absolute atomic E-state index is 12.5. The van der Waals surface area contributed by atoms with Gasteiger partial charge in [0.15, 0.2) is 0 Å². The molecule has 0 radical (unpaired) electrons. The zero-order valence-electron chi connectivity index (χ0n) is 8.72. The zero-order chi connectivity index (χ0) is 10.3. The van der Waals surface area contributed by atoms with Crippen molar-refractivity contribution in [3.8, 4) is 0 Å². The Bertz CT molecular complexity index is 275. The second-order valence-electron chi connectivity index (χ2n) is 4.02. The van der Waals surface area contributed by atoms with Crippen molar-refractivity contribution >= 4 is 7.67 Å². The Morgan fingerprint density at radius 1 is 1.43 bits per heavy atom. The molecule has 4 nitrogen and oxygen atoms in total. The first-order valence-corrected chi connectivity index (χ1v) is 6.52. The van der Waals surface area contributed by atoms with Crippen molar-refractivity contribution in [3.05, 3.63) is 12.7 Å². The molecule has 80 valence electrons. The summed E-state index contributed by atoms with van der Waals surface area (Å²) in [6, 6.07) is 0.803. The topological polar surface area (TPSA) is 32.3 Å². The Labute approximate surface area is 85.1 Å². The highest BCUT2D eigenvalue weighted by molar-refractivity contribution is 7.54. The van der Waals surface area contributed by atoms with Crippen molar-refractivity contribution in [2.75, 3.05) is 19.7 Å². The molecule has 2 heterocycles. The van der Waals surface area contributed by atoms with E-state index in [1.165, 1.54) is 0 Å². The van der Waals surface area contributed by atoms with E-state index in [-0.39, 0.29) is 0 Å². The second kappa shape index (κ2) is 3.46. The first-order chi connectivity index (χ1) is 6.59. The molecule has 0 bridgehead atoms. The Balaban J connectivity index is 2.04. The summed E-state index contributed by atoms with van der Waals surface area (Å²) < 4.78 is 21.8. The molecule has 2 fully saturated rings. The third-order valence-electron chi connectivity index (χ3n) is 2.66. The number of hydrogen-bond acceptors (Lipinski definition) is 2. The lowest BCUT2D eigenvalue weighted by molar-refractivity contribution is 0.298. The fourth-order valence-corrected chi connectivity index (χ4v) is 4.37. The van der Waals surface area contributed by atoms with E-state index in [4.69, 9.17) is 4.52 Å². The van der Waals surface area contributed by atoms with E-state index >= 15 is 0 Å². The summed E-state index contributed by atoms with van der Waals surface area (Å²) in [5.74, 6) is 0. The lowest BCUT2D eigenvalue weighted by Gasteiger charge is -2.20. The summed E-state index contributed by atoms with van der Waals surface area (Å²) >= 11 is 0. The average molecular weight is 216 g/mol. The van der Waals surface area contributed by atoms with Crippen LogP contribution in [0.15, 0.2) is 12.7 Å². The summed E-state index contributed by atoms with van der Waals surface area (Å²) in [6.07, 6.45) is 1.65. The van der Waals surface area contributed by atoms with Gasteiger partial charge < -0.3 is 4.52 Å². The van der Waals surface area contributed by atoms with Gasteiger partial charge in [0.2, 0.25) is 0 Å². The highest BCUT2D eigenvalue weighted by atomic mass is 31.2. The highest BCUT2D eigenvalue weighted by Crippen LogP contribution is 2.64. The molecular formula is C9H17N2O2P. The lowest BCUT2D eigenvalue weighted by Crippen LogP contribution is -2.10. The molecule has 2 aliphatic heterocycles. The third-order valence-corrected chi connectivity index (χ3v) is 5.56. The molecule has 3 unspecified atom stereocenters. The number of nitrogens with zero attached hydrogens (tertiary/aromatic N) is 2. The Morgan fingerprint density at radius 3 is 2.14 bits per heavy atom. The molecule has 0 N–H and O–H groups in total. The first-order valence-electron chi connectivity index (χ1n) is 4.99. The van der Waals surface area contributed by atoms with Crippen LogP contribution in [0.25, 0.3) is 0 Å². The van der Waals surface area contributed by atoms with Gasteiger partial charge in [0.25, 0.3) is 0 Å². The van der Waals surface area contributed by atoms with Gasteiger partial charge in [-0.05, 0) is 13.8 Å². The predicted molar refractivity (Wildman–Crippen MR) is 56.1 cm³/mol. The van der Waals surface area contributed by atoms with Crippen LogP contribution in [0.2, 0.25) is 0 Å². The molecule has 0 aliphatic carbocycles. The molecule has 0 amide bonds. The van der Waals surface area contributed by atoms with Crippen molar-refractivity contribution in [2.45, 2.75) is 25.9 Å². The monoisotopic (exact) mass is 216 g/mol. The van der Waals surface area contributed by atoms with Gasteiger partial charge in [0, 0.05) is 25.2 Å². The van der Waals surface area contributed by atoms with Gasteiger partial charge in [-0.1, -0.05) is 6.08 Å². The maximum Gasteiger partial charge on any atom is 0.347 e. The van der Waals surface area contributed by atoms with Crippen LogP contribution >= 0.6 is 7.67 Å². The summed E-state index contributed by atoms with van der Waals surface area (Å²) in [7, 11) is -2.67. The highest BCUT2D eigenvalue weighted by Gasteiger charge is 2.56. The van der Waals surface area contributed by atoms with E-state index in [0.29, 0.717) is 18.7 Å². The van der Waals surface area contributed by atoms with Crippen LogP contribution in [-0.2, 0) is 9.09 Å². The van der Waals surface area contributed by atoms with Crippen molar-refractivity contribution in [1.29, 1.82) is 0 Å². The van der Waals surface area contributed by atoms with E-state index in [0.717, 1.165) is 13.1 Å². The minimum Gasteiger partial charge on any atom is -0.302 e. The third kappa shape index (κ3) is 1.68. The van der Waals surface area contributed by atoms with Gasteiger partial charge in [-0.3, -0.25) is 4.57 Å². The largest absolute Gasteiger partial charge is 0.347 e. The van der Waals surface area contributed by atoms with Crippen LogP contribution < -0.4 is 0 Å². The Morgan fingerprint density at radius 2 is 1.86 bits per heavy atom. The van der Waals surface area contributed by atoms with Gasteiger partial charge in [0.1, 0.15) is 0 Å². The molecule has 2 saturated heterocycles. The molecule has 2 rings (SSSR count). The zero-order valence-corrected chi connectivity index (χ0v) is 9.61. The van der Waals surface area contributed by atoms with E-state index in [1.807, 2.05) is 9.34 Å². The van der Waals surface area contributed by atoms with Gasteiger partial charge in [-0.25, -0.2) is 9.34 Å². The van der Waals surface area contributed by atoms with Crippen LogP contribution in [0.3, 0.4) is 0 Å². The Kier molecular flexibility index (Phi) is 2.56. The molecular weight excluding hydrogens is 199 g/mol. The maximum atomic E-state index is 12.5. The van der Waals surface area contributed by atoms with Gasteiger partial charge >= 0.3 is 7.67 Å². The average Bonchev–Trinajstić information content (AvgIpc) is 3.01. The van der Waals surface area contributed by atoms with E-state index < -0.39 is 7.67 Å². The quantitative estimate of drug-likeness (QED) is 0.398. The van der Waals surface area contributed by atoms with Crippen molar-refractivity contribution in [3.63, 3.8) is 0 Å². The number of rotatable bonds is 5. The summed E-state index contributed by atoms with van der Waals surface area (Å²) in [4.78, 5) is 0. The molecule has 0 saturated carbocycles. The van der Waals surface area contributed by atoms with Crippen molar-refractivity contribution in [1.82, 2.24) is 9.34 Å². The predicted octanol–water partition coefficient (Wildman–Crippen LogP) is 1.71. The van der Waals surface area contributed by atoms with E-state index in [1.54, 1.807) is 6.08 Å². The van der Waals surface area contributed by atoms with Crippen molar-refractivity contribution < 1.29 is 9.09 Å². The van der Waals surface area contributed by atoms with Crippen LogP contribution in [-0.4, -0.2) is 41.1 Å². The van der Waals surface area contributed by atoms with Gasteiger partial charge in [-0.15, -0.1) is 6.58 Å². The molecule has 14 heavy (non-hydrogen) atoms. The molecule has 5 atom stereocenters. The van der Waals surface area contributed by atoms with E-state index in [9.17, 15) is 4.57 Å². The fourth-order valence-electron chi connectivity index (χ4n) is 1.60. The smallest absolute Gasteiger partial charge is 0.302 e. The SMILES string of the molecule is C=CCOP(=O)(N1C[C@H]1C)N1C[C@@H]1C. The minimum atomic E-state index is -2.67. The normalized spacial score (nSPS) is 44.1. The molecule has 0 aromatic heterocycles. The molecule has 5 heteroatoms. The molecule has 0 aromatic rings. The Hall–Kier alpha value is -0.150. The van der Waals surface area contributed by atoms with Crippen LogP contribution in [0.4, 0.5) is 0 Å². The van der Waals surface area contributed by atoms with Crippen LogP contribution in [0.5, 0.6) is 0 Å². The lowest BCUT2D eigenvalue weighted by atomic mass is 10.6. The first kappa shape index (κ1) is 10.4. The number of hydrogen-bond donors (Lipinski definition) is 0. The van der Waals surface area contributed by atoms with Crippen LogP contribution in [0, 0.1) is 0 Å². The van der Waals surface area contributed by atoms with E-state index in [2.05, 4.69) is 20.4 Å².